The fourth-order valence-electron chi connectivity index (χ4n) is 0.202. The molecule has 0 saturated heterocycles. The first kappa shape index (κ1) is 7.82. The van der Waals surface area contributed by atoms with E-state index in [4.69, 9.17) is 10.2 Å². The van der Waals surface area contributed by atoms with E-state index in [1.165, 1.54) is 0 Å². The lowest BCUT2D eigenvalue weighted by atomic mass is 10.3. The summed E-state index contributed by atoms with van der Waals surface area (Å²) in [6.45, 7) is -0.390. The van der Waals surface area contributed by atoms with E-state index in [-0.39, 0.29) is 0 Å². The normalized spacial score (nSPS) is 13.2. The summed E-state index contributed by atoms with van der Waals surface area (Å²) in [6, 6.07) is -0.861. The second kappa shape index (κ2) is 3.78. The third kappa shape index (κ3) is 2.21. The van der Waals surface area contributed by atoms with Crippen molar-refractivity contribution in [2.45, 2.75) is 6.04 Å². The first-order valence-electron chi connectivity index (χ1n) is 2.02. The Labute approximate surface area is 49.2 Å². The smallest absolute Gasteiger partial charge is 0.323 e. The standard InChI is InChI=1S/C3H8NO3P/c5-1-2(4-8)3(6)7/h2,4-5H,1,8H2,(H,6,7)/t2-/m1/s1. The van der Waals surface area contributed by atoms with E-state index >= 15 is 0 Å². The number of carboxylic acid groups (broad SMARTS) is 1. The van der Waals surface area contributed by atoms with Gasteiger partial charge < -0.3 is 10.2 Å². The minimum Gasteiger partial charge on any atom is -0.480 e. The van der Waals surface area contributed by atoms with Crippen molar-refractivity contribution >= 4 is 15.4 Å². The largest absolute Gasteiger partial charge is 0.480 e. The molecule has 0 aliphatic heterocycles. The second-order valence-corrected chi connectivity index (χ2v) is 1.57. The van der Waals surface area contributed by atoms with Crippen molar-refractivity contribution in [1.29, 1.82) is 0 Å². The van der Waals surface area contributed by atoms with E-state index in [0.717, 1.165) is 0 Å². The van der Waals surface area contributed by atoms with Crippen molar-refractivity contribution in [2.24, 2.45) is 0 Å². The van der Waals surface area contributed by atoms with E-state index in [2.05, 4.69) is 5.09 Å². The molecule has 2 atom stereocenters. The molecule has 0 fully saturated rings. The lowest BCUT2D eigenvalue weighted by molar-refractivity contribution is -0.139. The van der Waals surface area contributed by atoms with Gasteiger partial charge in [0.2, 0.25) is 0 Å². The maximum atomic E-state index is 9.93. The average Bonchev–Trinajstić information content (AvgIpc) is 1.69. The molecule has 48 valence electrons. The Hall–Kier alpha value is -0.180. The number of hydrogen-bond acceptors (Lipinski definition) is 3. The molecule has 0 bridgehead atoms. The van der Waals surface area contributed by atoms with E-state index in [0.29, 0.717) is 0 Å². The van der Waals surface area contributed by atoms with Gasteiger partial charge in [-0.05, 0) is 0 Å². The van der Waals surface area contributed by atoms with Crippen molar-refractivity contribution < 1.29 is 15.0 Å². The van der Waals surface area contributed by atoms with Crippen LogP contribution in [0.2, 0.25) is 0 Å². The number of hydrogen-bond donors (Lipinski definition) is 3. The zero-order chi connectivity index (χ0) is 6.57. The second-order valence-electron chi connectivity index (χ2n) is 1.24. The number of aliphatic carboxylic acids is 1. The highest BCUT2D eigenvalue weighted by Gasteiger charge is 2.11. The van der Waals surface area contributed by atoms with Crippen LogP contribution < -0.4 is 5.09 Å². The number of aliphatic hydroxyl groups excluding tert-OH is 1. The maximum absolute atomic E-state index is 9.93. The van der Waals surface area contributed by atoms with Crippen LogP contribution in [0.25, 0.3) is 0 Å². The Morgan fingerprint density at radius 3 is 2.38 bits per heavy atom. The summed E-state index contributed by atoms with van der Waals surface area (Å²) in [5, 5.41) is 18.7. The first-order chi connectivity index (χ1) is 3.72. The molecular weight excluding hydrogens is 129 g/mol. The zero-order valence-corrected chi connectivity index (χ0v) is 5.32. The highest BCUT2D eigenvalue weighted by molar-refractivity contribution is 7.13. The Balaban J connectivity index is 3.52. The molecular formula is C3H8NO3P. The lowest BCUT2D eigenvalue weighted by Crippen LogP contribution is -2.33. The number of carboxylic acids is 1. The van der Waals surface area contributed by atoms with Crippen LogP contribution in [0.3, 0.4) is 0 Å². The molecule has 0 aromatic heterocycles. The van der Waals surface area contributed by atoms with E-state index in [9.17, 15) is 4.79 Å². The summed E-state index contributed by atoms with van der Waals surface area (Å²) in [4.78, 5) is 9.93. The number of rotatable bonds is 3. The molecule has 0 amide bonds. The summed E-state index contributed by atoms with van der Waals surface area (Å²) < 4.78 is 0. The molecule has 3 N–H and O–H groups in total. The topological polar surface area (TPSA) is 69.6 Å². The van der Waals surface area contributed by atoms with Crippen molar-refractivity contribution in [3.63, 3.8) is 0 Å². The molecule has 0 aromatic carbocycles. The predicted molar refractivity (Wildman–Crippen MR) is 31.4 cm³/mol. The highest BCUT2D eigenvalue weighted by Crippen LogP contribution is 1.83. The molecule has 0 saturated carbocycles. The fraction of sp³-hybridized carbons (Fsp3) is 0.667. The van der Waals surface area contributed by atoms with Gasteiger partial charge in [-0.2, -0.15) is 0 Å². The molecule has 0 aliphatic carbocycles. The van der Waals surface area contributed by atoms with Crippen LogP contribution >= 0.6 is 9.39 Å². The van der Waals surface area contributed by atoms with Gasteiger partial charge in [0, 0.05) is 0 Å². The van der Waals surface area contributed by atoms with Crippen molar-refractivity contribution in [3.8, 4) is 0 Å². The summed E-state index contributed by atoms with van der Waals surface area (Å²) in [5.41, 5.74) is 0. The third-order valence-electron chi connectivity index (χ3n) is 0.682. The lowest BCUT2D eigenvalue weighted by Gasteiger charge is -2.04. The molecule has 0 aliphatic rings. The Morgan fingerprint density at radius 1 is 1.88 bits per heavy atom. The molecule has 1 unspecified atom stereocenters. The summed E-state index contributed by atoms with van der Waals surface area (Å²) in [7, 11) is 2.02. The van der Waals surface area contributed by atoms with Gasteiger partial charge in [-0.15, -0.1) is 0 Å². The van der Waals surface area contributed by atoms with Gasteiger partial charge in [0.05, 0.1) is 6.61 Å². The van der Waals surface area contributed by atoms with Gasteiger partial charge in [-0.25, -0.2) is 0 Å². The van der Waals surface area contributed by atoms with Crippen LogP contribution in [0.15, 0.2) is 0 Å². The summed E-state index contributed by atoms with van der Waals surface area (Å²) >= 11 is 0. The predicted octanol–water partition coefficient (Wildman–Crippen LogP) is -1.19. The molecule has 0 heterocycles. The van der Waals surface area contributed by atoms with Crippen molar-refractivity contribution in [2.75, 3.05) is 6.61 Å². The van der Waals surface area contributed by atoms with Crippen molar-refractivity contribution in [1.82, 2.24) is 5.09 Å². The molecule has 0 aromatic rings. The minimum atomic E-state index is -1.05. The zero-order valence-electron chi connectivity index (χ0n) is 4.16. The number of aliphatic hydroxyl groups is 1. The summed E-state index contributed by atoms with van der Waals surface area (Å²) in [5.74, 6) is -1.05. The Bertz CT molecular complexity index is 82.6. The van der Waals surface area contributed by atoms with Crippen LogP contribution in [0.5, 0.6) is 0 Å². The van der Waals surface area contributed by atoms with Crippen LogP contribution in [0.1, 0.15) is 0 Å². The average molecular weight is 137 g/mol. The fourth-order valence-corrected chi connectivity index (χ4v) is 0.450. The van der Waals surface area contributed by atoms with E-state index in [1.807, 2.05) is 9.39 Å². The molecule has 8 heavy (non-hydrogen) atoms. The molecule has 4 nitrogen and oxygen atoms in total. The highest BCUT2D eigenvalue weighted by atomic mass is 31.0. The monoisotopic (exact) mass is 137 g/mol. The number of carbonyl (C=O) groups is 1. The first-order valence-corrected chi connectivity index (χ1v) is 2.60. The van der Waals surface area contributed by atoms with Gasteiger partial charge in [-0.1, -0.05) is 9.39 Å². The van der Waals surface area contributed by atoms with Crippen molar-refractivity contribution in [3.05, 3.63) is 0 Å². The third-order valence-corrected chi connectivity index (χ3v) is 1.08. The van der Waals surface area contributed by atoms with Gasteiger partial charge in [0.15, 0.2) is 0 Å². The minimum absolute atomic E-state index is 0.390. The number of nitrogens with one attached hydrogen (secondary N) is 1. The maximum Gasteiger partial charge on any atom is 0.323 e. The van der Waals surface area contributed by atoms with Gasteiger partial charge in [0.1, 0.15) is 6.04 Å². The molecule has 0 rings (SSSR count). The molecule has 5 heteroatoms. The van der Waals surface area contributed by atoms with E-state index in [1.54, 1.807) is 0 Å². The quantitative estimate of drug-likeness (QED) is 0.428. The molecule has 0 radical (unpaired) electrons. The molecule has 0 spiro atoms. The Kier molecular flexibility index (Phi) is 3.69. The van der Waals surface area contributed by atoms with E-state index < -0.39 is 18.6 Å². The summed E-state index contributed by atoms with van der Waals surface area (Å²) in [6.07, 6.45) is 0. The van der Waals surface area contributed by atoms with Gasteiger partial charge in [-0.3, -0.25) is 9.88 Å². The van der Waals surface area contributed by atoms with Gasteiger partial charge in [0.25, 0.3) is 0 Å². The van der Waals surface area contributed by atoms with Crippen LogP contribution in [0.4, 0.5) is 0 Å². The SMILES string of the molecule is O=C(O)[C@@H](CO)NP. The van der Waals surface area contributed by atoms with Gasteiger partial charge >= 0.3 is 5.97 Å². The van der Waals surface area contributed by atoms with Crippen LogP contribution in [-0.2, 0) is 4.79 Å². The van der Waals surface area contributed by atoms with Crippen LogP contribution in [0, 0.1) is 0 Å². The van der Waals surface area contributed by atoms with Crippen LogP contribution in [-0.4, -0.2) is 28.8 Å². The Morgan fingerprint density at radius 2 is 2.38 bits per heavy atom.